The van der Waals surface area contributed by atoms with Gasteiger partial charge in [0.15, 0.2) is 5.65 Å². The minimum atomic E-state index is 0.883. The lowest BCUT2D eigenvalue weighted by atomic mass is 9.93. The van der Waals surface area contributed by atoms with Gasteiger partial charge in [-0.1, -0.05) is 84.9 Å². The summed E-state index contributed by atoms with van der Waals surface area (Å²) in [5, 5.41) is 2.23. The normalized spacial score (nSPS) is 13.8. The van der Waals surface area contributed by atoms with E-state index in [2.05, 4.69) is 89.3 Å². The molecule has 0 atom stereocenters. The van der Waals surface area contributed by atoms with Crippen LogP contribution in [0.3, 0.4) is 0 Å². The highest BCUT2D eigenvalue weighted by molar-refractivity contribution is 7.85. The Bertz CT molecular complexity index is 1840. The molecular formula is C32H23N3S. The van der Waals surface area contributed by atoms with E-state index in [0.29, 0.717) is 0 Å². The van der Waals surface area contributed by atoms with Crippen LogP contribution in [-0.4, -0.2) is 14.4 Å². The zero-order valence-electron chi connectivity index (χ0n) is 19.6. The highest BCUT2D eigenvalue weighted by Crippen LogP contribution is 2.35. The second-order valence-electron chi connectivity index (χ2n) is 9.18. The molecule has 3 aromatic carbocycles. The first-order chi connectivity index (χ1) is 17.8. The Kier molecular flexibility index (Phi) is 5.00. The Balaban J connectivity index is 1.34. The second-order valence-corrected chi connectivity index (χ2v) is 9.66. The maximum absolute atomic E-state index is 5.13. The summed E-state index contributed by atoms with van der Waals surface area (Å²) in [4.78, 5) is 11.1. The third-order valence-electron chi connectivity index (χ3n) is 7.01. The van der Waals surface area contributed by atoms with Crippen molar-refractivity contribution < 1.29 is 0 Å². The van der Waals surface area contributed by atoms with E-state index in [0.717, 1.165) is 56.6 Å². The van der Waals surface area contributed by atoms with Crippen molar-refractivity contribution in [1.29, 1.82) is 0 Å². The number of thiol groups is 1. The zero-order valence-corrected chi connectivity index (χ0v) is 20.5. The Labute approximate surface area is 214 Å². The van der Waals surface area contributed by atoms with Crippen LogP contribution in [0.2, 0.25) is 0 Å². The lowest BCUT2D eigenvalue weighted by molar-refractivity contribution is 1.05. The van der Waals surface area contributed by atoms with Gasteiger partial charge in [-0.15, -0.1) is 12.6 Å². The molecule has 3 aromatic heterocycles. The zero-order chi connectivity index (χ0) is 24.1. The molecule has 4 heteroatoms. The highest BCUT2D eigenvalue weighted by Gasteiger charge is 2.15. The predicted molar refractivity (Wildman–Crippen MR) is 153 cm³/mol. The Morgan fingerprint density at radius 3 is 2.33 bits per heavy atom. The number of benzene rings is 3. The quantitative estimate of drug-likeness (QED) is 0.257. The molecule has 0 radical (unpaired) electrons. The fraction of sp³-hybridized carbons (Fsp3) is 0.0625. The fourth-order valence-electron chi connectivity index (χ4n) is 5.20. The van der Waals surface area contributed by atoms with Crippen LogP contribution in [0.25, 0.3) is 55.5 Å². The van der Waals surface area contributed by atoms with Crippen molar-refractivity contribution in [3.63, 3.8) is 0 Å². The predicted octanol–water partition coefficient (Wildman–Crippen LogP) is 8.36. The molecule has 0 amide bonds. The molecule has 0 unspecified atom stereocenters. The molecule has 0 fully saturated rings. The number of imidazole rings is 1. The van der Waals surface area contributed by atoms with Crippen LogP contribution >= 0.6 is 12.6 Å². The fourth-order valence-corrected chi connectivity index (χ4v) is 5.55. The van der Waals surface area contributed by atoms with Gasteiger partial charge in [0.25, 0.3) is 0 Å². The molecule has 0 saturated heterocycles. The van der Waals surface area contributed by atoms with E-state index in [4.69, 9.17) is 22.6 Å². The summed E-state index contributed by atoms with van der Waals surface area (Å²) < 4.78 is 2.07. The van der Waals surface area contributed by atoms with Gasteiger partial charge in [0.2, 0.25) is 0 Å². The Morgan fingerprint density at radius 1 is 0.694 bits per heavy atom. The van der Waals surface area contributed by atoms with Crippen LogP contribution in [0.15, 0.2) is 114 Å². The van der Waals surface area contributed by atoms with Gasteiger partial charge < -0.3 is 0 Å². The number of aromatic nitrogens is 3. The first kappa shape index (κ1) is 21.2. The molecule has 3 nitrogen and oxygen atoms in total. The monoisotopic (exact) mass is 481 g/mol. The van der Waals surface area contributed by atoms with Crippen molar-refractivity contribution in [2.45, 2.75) is 12.8 Å². The van der Waals surface area contributed by atoms with Gasteiger partial charge in [0.1, 0.15) is 11.2 Å². The first-order valence-corrected chi connectivity index (χ1v) is 12.7. The molecule has 1 aliphatic rings. The van der Waals surface area contributed by atoms with E-state index in [-0.39, 0.29) is 0 Å². The maximum atomic E-state index is 5.13. The largest absolute Gasteiger partial charge is 0.284 e. The van der Waals surface area contributed by atoms with Crippen molar-refractivity contribution >= 4 is 45.8 Å². The standard InChI is InChI=1S/C32H23N3S/c36-28-13-4-3-10-25(28)24-9-7-8-23(20-24)21-15-17-22(18-16-21)30-26-11-1-2-12-27(26)31-32(34-30)35-19-6-5-14-29(35)33-31/h1-2,4-9,11-20,36H,3,10H2. The Hall–Kier alpha value is -4.15. The van der Waals surface area contributed by atoms with Crippen LogP contribution in [0, 0.1) is 0 Å². The molecule has 3 heterocycles. The van der Waals surface area contributed by atoms with E-state index < -0.39 is 0 Å². The number of nitrogens with zero attached hydrogens (tertiary/aromatic N) is 3. The third-order valence-corrected chi connectivity index (χ3v) is 7.43. The summed E-state index contributed by atoms with van der Waals surface area (Å²) in [5.41, 5.74) is 9.75. The number of fused-ring (bicyclic) bond motifs is 5. The molecule has 0 saturated carbocycles. The molecule has 0 bridgehead atoms. The van der Waals surface area contributed by atoms with Crippen molar-refractivity contribution in [3.8, 4) is 22.4 Å². The number of pyridine rings is 2. The van der Waals surface area contributed by atoms with E-state index in [1.165, 1.54) is 22.3 Å². The molecular weight excluding hydrogens is 458 g/mol. The van der Waals surface area contributed by atoms with Crippen LogP contribution in [0.5, 0.6) is 0 Å². The smallest absolute Gasteiger partial charge is 0.165 e. The van der Waals surface area contributed by atoms with Crippen LogP contribution < -0.4 is 0 Å². The Morgan fingerprint density at radius 2 is 1.47 bits per heavy atom. The van der Waals surface area contributed by atoms with Gasteiger partial charge in [-0.2, -0.15) is 0 Å². The summed E-state index contributed by atoms with van der Waals surface area (Å²) in [6.07, 6.45) is 8.43. The van der Waals surface area contributed by atoms with Crippen molar-refractivity contribution in [2.75, 3.05) is 0 Å². The molecule has 6 aromatic rings. The summed E-state index contributed by atoms with van der Waals surface area (Å²) in [5.74, 6) is 0. The van der Waals surface area contributed by atoms with Crippen molar-refractivity contribution in [1.82, 2.24) is 14.4 Å². The summed E-state index contributed by atoms with van der Waals surface area (Å²) in [7, 11) is 0. The van der Waals surface area contributed by atoms with E-state index in [1.54, 1.807) is 0 Å². The van der Waals surface area contributed by atoms with Crippen LogP contribution in [0.1, 0.15) is 18.4 Å². The van der Waals surface area contributed by atoms with Gasteiger partial charge in [0.05, 0.1) is 5.69 Å². The van der Waals surface area contributed by atoms with E-state index in [9.17, 15) is 0 Å². The first-order valence-electron chi connectivity index (χ1n) is 12.2. The number of hydrogen-bond acceptors (Lipinski definition) is 3. The summed E-state index contributed by atoms with van der Waals surface area (Å²) in [6, 6.07) is 32.0. The topological polar surface area (TPSA) is 30.2 Å². The van der Waals surface area contributed by atoms with E-state index in [1.807, 2.05) is 24.4 Å². The molecule has 7 rings (SSSR count). The van der Waals surface area contributed by atoms with Gasteiger partial charge in [-0.3, -0.25) is 4.40 Å². The third kappa shape index (κ3) is 3.45. The van der Waals surface area contributed by atoms with Crippen LogP contribution in [0.4, 0.5) is 0 Å². The summed E-state index contributed by atoms with van der Waals surface area (Å²) in [6.45, 7) is 0. The van der Waals surface area contributed by atoms with Crippen molar-refractivity contribution in [3.05, 3.63) is 120 Å². The van der Waals surface area contributed by atoms with Crippen LogP contribution in [-0.2, 0) is 0 Å². The molecule has 0 N–H and O–H groups in total. The molecule has 172 valence electrons. The average molecular weight is 482 g/mol. The molecule has 0 spiro atoms. The number of hydrogen-bond donors (Lipinski definition) is 1. The summed E-state index contributed by atoms with van der Waals surface area (Å²) >= 11 is 4.70. The van der Waals surface area contributed by atoms with Gasteiger partial charge in [-0.25, -0.2) is 9.97 Å². The van der Waals surface area contributed by atoms with Gasteiger partial charge in [0, 0.05) is 27.4 Å². The highest BCUT2D eigenvalue weighted by atomic mass is 32.1. The lowest BCUT2D eigenvalue weighted by Crippen LogP contribution is -1.93. The second kappa shape index (κ2) is 8.51. The minimum Gasteiger partial charge on any atom is -0.284 e. The number of rotatable bonds is 3. The minimum absolute atomic E-state index is 0.883. The maximum Gasteiger partial charge on any atom is 0.165 e. The number of allylic oxidation sites excluding steroid dienone is 3. The SMILES string of the molecule is SC1=C(c2cccc(-c3ccc(-c4nc5c(nc6ccccn65)c5ccccc45)cc3)c2)CCC=C1. The van der Waals surface area contributed by atoms with Gasteiger partial charge in [-0.05, 0) is 53.3 Å². The van der Waals surface area contributed by atoms with E-state index >= 15 is 0 Å². The average Bonchev–Trinajstić information content (AvgIpc) is 3.32. The lowest BCUT2D eigenvalue weighted by Gasteiger charge is -2.14. The molecule has 1 aliphatic carbocycles. The molecule has 36 heavy (non-hydrogen) atoms. The molecule has 0 aliphatic heterocycles. The van der Waals surface area contributed by atoms with Gasteiger partial charge >= 0.3 is 0 Å². The van der Waals surface area contributed by atoms with Crippen molar-refractivity contribution in [2.24, 2.45) is 0 Å².